The number of carbonyl (C=O) groups is 1. The van der Waals surface area contributed by atoms with Gasteiger partial charge in [0.1, 0.15) is 11.6 Å². The molecule has 0 saturated heterocycles. The van der Waals surface area contributed by atoms with Crippen LogP contribution in [0.5, 0.6) is 0 Å². The highest BCUT2D eigenvalue weighted by molar-refractivity contribution is 7.09. The van der Waals surface area contributed by atoms with Crippen LogP contribution in [0.15, 0.2) is 18.2 Å². The summed E-state index contributed by atoms with van der Waals surface area (Å²) in [5.74, 6) is 0.540. The van der Waals surface area contributed by atoms with Gasteiger partial charge in [-0.15, -0.1) is 0 Å². The summed E-state index contributed by atoms with van der Waals surface area (Å²) in [7, 11) is 0. The highest BCUT2D eigenvalue weighted by atomic mass is 32.1. The second kappa shape index (κ2) is 6.62. The second-order valence-corrected chi connectivity index (χ2v) is 6.39. The van der Waals surface area contributed by atoms with Crippen molar-refractivity contribution in [2.45, 2.75) is 39.3 Å². The first-order valence-electron chi connectivity index (χ1n) is 7.69. The summed E-state index contributed by atoms with van der Waals surface area (Å²) in [4.78, 5) is 17.9. The zero-order valence-electron chi connectivity index (χ0n) is 13.2. The third-order valence-electron chi connectivity index (χ3n) is 4.06. The van der Waals surface area contributed by atoms with Crippen LogP contribution in [-0.4, -0.2) is 26.7 Å². The first kappa shape index (κ1) is 15.9. The van der Waals surface area contributed by atoms with Gasteiger partial charge in [0.25, 0.3) is 0 Å². The molecule has 3 rings (SSSR count). The summed E-state index contributed by atoms with van der Waals surface area (Å²) in [6.07, 6.45) is 1.54. The summed E-state index contributed by atoms with van der Waals surface area (Å²) < 4.78 is 17.9. The SMILES string of the molecule is CCc1nsc(N[C@H]2CCN(C(C)=O)Cc3cc(F)ccc32)n1. The molecule has 0 aliphatic carbocycles. The molecule has 2 aromatic rings. The number of fused-ring (bicyclic) bond motifs is 1. The van der Waals surface area contributed by atoms with E-state index < -0.39 is 0 Å². The summed E-state index contributed by atoms with van der Waals surface area (Å²) in [5, 5.41) is 4.16. The molecule has 23 heavy (non-hydrogen) atoms. The molecule has 0 unspecified atom stereocenters. The molecule has 1 aliphatic rings. The molecule has 0 saturated carbocycles. The quantitative estimate of drug-likeness (QED) is 0.937. The molecule has 2 heterocycles. The Kier molecular flexibility index (Phi) is 4.56. The Balaban J connectivity index is 1.90. The van der Waals surface area contributed by atoms with E-state index >= 15 is 0 Å². The summed E-state index contributed by atoms with van der Waals surface area (Å²) >= 11 is 1.33. The maximum atomic E-state index is 13.6. The van der Waals surface area contributed by atoms with Crippen molar-refractivity contribution in [1.29, 1.82) is 0 Å². The molecule has 122 valence electrons. The van der Waals surface area contributed by atoms with Crippen LogP contribution in [0.2, 0.25) is 0 Å². The standard InChI is InChI=1S/C16H19FN4OS/c1-3-15-19-16(23-20-15)18-14-6-7-21(10(2)22)9-11-8-12(17)4-5-13(11)14/h4-5,8,14H,3,6-7,9H2,1-2H3,(H,18,19,20)/t14-/m0/s1. The number of halogens is 1. The number of hydrogen-bond acceptors (Lipinski definition) is 5. The van der Waals surface area contributed by atoms with Crippen LogP contribution in [0.4, 0.5) is 9.52 Å². The number of rotatable bonds is 3. The van der Waals surface area contributed by atoms with Gasteiger partial charge in [0.05, 0.1) is 6.04 Å². The highest BCUT2D eigenvalue weighted by Crippen LogP contribution is 2.31. The first-order chi connectivity index (χ1) is 11.1. The van der Waals surface area contributed by atoms with Gasteiger partial charge < -0.3 is 10.2 Å². The van der Waals surface area contributed by atoms with E-state index in [0.29, 0.717) is 13.1 Å². The number of benzene rings is 1. The lowest BCUT2D eigenvalue weighted by molar-refractivity contribution is -0.129. The number of carbonyl (C=O) groups excluding carboxylic acids is 1. The summed E-state index contributed by atoms with van der Waals surface area (Å²) in [6.45, 7) is 4.63. The van der Waals surface area contributed by atoms with Gasteiger partial charge in [-0.25, -0.2) is 9.37 Å². The molecule has 7 heteroatoms. The van der Waals surface area contributed by atoms with E-state index in [0.717, 1.165) is 34.9 Å². The van der Waals surface area contributed by atoms with Crippen molar-refractivity contribution in [3.63, 3.8) is 0 Å². The zero-order valence-corrected chi connectivity index (χ0v) is 14.0. The van der Waals surface area contributed by atoms with Crippen molar-refractivity contribution in [3.8, 4) is 0 Å². The summed E-state index contributed by atoms with van der Waals surface area (Å²) in [5.41, 5.74) is 1.86. The average molecular weight is 334 g/mol. The van der Waals surface area contributed by atoms with Gasteiger partial charge >= 0.3 is 0 Å². The lowest BCUT2D eigenvalue weighted by Crippen LogP contribution is -2.28. The maximum absolute atomic E-state index is 13.6. The minimum Gasteiger partial charge on any atom is -0.353 e. The molecule has 5 nitrogen and oxygen atoms in total. The van der Waals surface area contributed by atoms with Crippen molar-refractivity contribution in [1.82, 2.24) is 14.3 Å². The van der Waals surface area contributed by atoms with Crippen LogP contribution in [0.3, 0.4) is 0 Å². The van der Waals surface area contributed by atoms with Crippen molar-refractivity contribution < 1.29 is 9.18 Å². The fraction of sp³-hybridized carbons (Fsp3) is 0.438. The highest BCUT2D eigenvalue weighted by Gasteiger charge is 2.24. The third-order valence-corrected chi connectivity index (χ3v) is 4.74. The lowest BCUT2D eigenvalue weighted by Gasteiger charge is -2.19. The molecule has 1 amide bonds. The third kappa shape index (κ3) is 3.50. The predicted molar refractivity (Wildman–Crippen MR) is 87.8 cm³/mol. The number of nitrogens with one attached hydrogen (secondary N) is 1. The van der Waals surface area contributed by atoms with E-state index in [9.17, 15) is 9.18 Å². The van der Waals surface area contributed by atoms with Crippen LogP contribution in [0, 0.1) is 5.82 Å². The topological polar surface area (TPSA) is 58.1 Å². The van der Waals surface area contributed by atoms with Gasteiger partial charge in [-0.2, -0.15) is 4.37 Å². The molecule has 0 radical (unpaired) electrons. The van der Waals surface area contributed by atoms with Crippen LogP contribution in [-0.2, 0) is 17.8 Å². The predicted octanol–water partition coefficient (Wildman–Crippen LogP) is 3.15. The van der Waals surface area contributed by atoms with Gasteiger partial charge in [-0.1, -0.05) is 13.0 Å². The Morgan fingerprint density at radius 3 is 3.04 bits per heavy atom. The Morgan fingerprint density at radius 2 is 2.35 bits per heavy atom. The number of aryl methyl sites for hydroxylation is 1. The van der Waals surface area contributed by atoms with Gasteiger partial charge in [0.15, 0.2) is 0 Å². The molecule has 1 aromatic heterocycles. The van der Waals surface area contributed by atoms with Crippen LogP contribution in [0.25, 0.3) is 0 Å². The largest absolute Gasteiger partial charge is 0.353 e. The van der Waals surface area contributed by atoms with Crippen LogP contribution < -0.4 is 5.32 Å². The minimum atomic E-state index is -0.280. The minimum absolute atomic E-state index is 0.00467. The van der Waals surface area contributed by atoms with Gasteiger partial charge in [0, 0.05) is 38.0 Å². The molecule has 0 fully saturated rings. The molecule has 1 atom stereocenters. The van der Waals surface area contributed by atoms with E-state index in [1.807, 2.05) is 6.92 Å². The number of anilines is 1. The molecular formula is C16H19FN4OS. The second-order valence-electron chi connectivity index (χ2n) is 5.64. The Hall–Kier alpha value is -2.02. The molecule has 1 aliphatic heterocycles. The number of amides is 1. The van der Waals surface area contributed by atoms with Gasteiger partial charge in [0.2, 0.25) is 11.0 Å². The van der Waals surface area contributed by atoms with Crippen molar-refractivity contribution in [3.05, 3.63) is 41.0 Å². The fourth-order valence-corrected chi connectivity index (χ4v) is 3.50. The zero-order chi connectivity index (χ0) is 16.4. The number of nitrogens with zero attached hydrogens (tertiary/aromatic N) is 3. The molecule has 0 bridgehead atoms. The normalized spacial score (nSPS) is 17.5. The lowest BCUT2D eigenvalue weighted by atomic mass is 9.99. The van der Waals surface area contributed by atoms with Crippen molar-refractivity contribution in [2.75, 3.05) is 11.9 Å². The Bertz CT molecular complexity index is 718. The molecule has 0 spiro atoms. The van der Waals surface area contributed by atoms with E-state index in [4.69, 9.17) is 0 Å². The van der Waals surface area contributed by atoms with E-state index in [1.54, 1.807) is 17.9 Å². The smallest absolute Gasteiger partial charge is 0.219 e. The van der Waals surface area contributed by atoms with Crippen molar-refractivity contribution in [2.24, 2.45) is 0 Å². The molecular weight excluding hydrogens is 315 g/mol. The van der Waals surface area contributed by atoms with Crippen LogP contribution in [0.1, 0.15) is 43.3 Å². The van der Waals surface area contributed by atoms with Gasteiger partial charge in [-0.05, 0) is 29.7 Å². The van der Waals surface area contributed by atoms with Crippen molar-refractivity contribution >= 4 is 22.6 Å². The number of aromatic nitrogens is 2. The average Bonchev–Trinajstić information content (AvgIpc) is 2.89. The summed E-state index contributed by atoms with van der Waals surface area (Å²) in [6, 6.07) is 4.78. The Morgan fingerprint density at radius 1 is 1.52 bits per heavy atom. The molecule has 1 N–H and O–H groups in total. The van der Waals surface area contributed by atoms with E-state index in [-0.39, 0.29) is 17.8 Å². The first-order valence-corrected chi connectivity index (χ1v) is 8.47. The number of hydrogen-bond donors (Lipinski definition) is 1. The molecule has 1 aromatic carbocycles. The maximum Gasteiger partial charge on any atom is 0.219 e. The fourth-order valence-electron chi connectivity index (χ4n) is 2.80. The van der Waals surface area contributed by atoms with E-state index in [1.165, 1.54) is 23.7 Å². The Labute approximate surface area is 138 Å². The monoisotopic (exact) mass is 334 g/mol. The van der Waals surface area contributed by atoms with Gasteiger partial charge in [-0.3, -0.25) is 4.79 Å². The van der Waals surface area contributed by atoms with Crippen LogP contribution >= 0.6 is 11.5 Å². The van der Waals surface area contributed by atoms with E-state index in [2.05, 4.69) is 14.7 Å².